The van der Waals surface area contributed by atoms with Gasteiger partial charge in [0.05, 0.1) is 12.6 Å². The molecule has 0 aliphatic heterocycles. The van der Waals surface area contributed by atoms with E-state index in [0.717, 1.165) is 32.9 Å². The Kier molecular flexibility index (Phi) is 9.65. The molecule has 2 heterocycles. The minimum absolute atomic E-state index is 0.0801. The van der Waals surface area contributed by atoms with Crippen LogP contribution in [0.3, 0.4) is 0 Å². The molecular weight excluding hydrogens is 548 g/mol. The van der Waals surface area contributed by atoms with Gasteiger partial charge in [-0.15, -0.1) is 0 Å². The minimum Gasteiger partial charge on any atom is -0.480 e. The summed E-state index contributed by atoms with van der Waals surface area (Å²) in [4.78, 5) is 56.8. The number of fused-ring (bicyclic) bond motifs is 2. The van der Waals surface area contributed by atoms with Crippen molar-refractivity contribution >= 4 is 58.1 Å². The van der Waals surface area contributed by atoms with Crippen LogP contribution in [-0.4, -0.2) is 80.4 Å². The number of aliphatic hydroxyl groups is 1. The quantitative estimate of drug-likeness (QED) is 0.101. The predicted molar refractivity (Wildman–Crippen MR) is 156 cm³/mol. The number of nitrogens with one attached hydrogen (secondary N) is 5. The van der Waals surface area contributed by atoms with Gasteiger partial charge in [-0.1, -0.05) is 36.4 Å². The smallest absolute Gasteiger partial charge is 0.328 e. The van der Waals surface area contributed by atoms with Crippen LogP contribution in [0.15, 0.2) is 60.9 Å². The summed E-state index contributed by atoms with van der Waals surface area (Å²) in [6.07, 6.45) is 3.83. The van der Waals surface area contributed by atoms with Gasteiger partial charge >= 0.3 is 5.97 Å². The van der Waals surface area contributed by atoms with Crippen molar-refractivity contribution in [3.63, 3.8) is 0 Å². The van der Waals surface area contributed by atoms with Crippen molar-refractivity contribution in [1.29, 1.82) is 0 Å². The highest BCUT2D eigenvalue weighted by Crippen LogP contribution is 2.20. The zero-order valence-corrected chi connectivity index (χ0v) is 22.9. The molecule has 4 rings (SSSR count). The van der Waals surface area contributed by atoms with Crippen molar-refractivity contribution in [3.8, 4) is 0 Å². The summed E-state index contributed by atoms with van der Waals surface area (Å²) >= 11 is 4.12. The van der Waals surface area contributed by atoms with Crippen molar-refractivity contribution in [2.24, 2.45) is 5.73 Å². The molecule has 0 radical (unpaired) electrons. The topological polar surface area (TPSA) is 202 Å². The number of rotatable bonds is 13. The Balaban J connectivity index is 1.52. The number of para-hydroxylation sites is 2. The lowest BCUT2D eigenvalue weighted by atomic mass is 10.0. The highest BCUT2D eigenvalue weighted by molar-refractivity contribution is 7.80. The number of carboxylic acid groups (broad SMARTS) is 1. The molecule has 9 N–H and O–H groups in total. The van der Waals surface area contributed by atoms with Crippen LogP contribution in [0.2, 0.25) is 0 Å². The molecule has 3 amide bonds. The third-order valence-corrected chi connectivity index (χ3v) is 7.16. The second-order valence-electron chi connectivity index (χ2n) is 9.62. The van der Waals surface area contributed by atoms with Crippen LogP contribution >= 0.6 is 12.6 Å². The maximum absolute atomic E-state index is 13.5. The zero-order valence-electron chi connectivity index (χ0n) is 22.0. The summed E-state index contributed by atoms with van der Waals surface area (Å²) in [6.45, 7) is -0.831. The molecule has 4 atom stereocenters. The largest absolute Gasteiger partial charge is 0.480 e. The number of amides is 3. The molecule has 0 saturated carbocycles. The number of hydrogen-bond acceptors (Lipinski definition) is 7. The van der Waals surface area contributed by atoms with Gasteiger partial charge in [0, 0.05) is 46.4 Å². The van der Waals surface area contributed by atoms with Crippen LogP contribution in [0, 0.1) is 0 Å². The van der Waals surface area contributed by atoms with Crippen LogP contribution in [-0.2, 0) is 32.0 Å². The van der Waals surface area contributed by atoms with Gasteiger partial charge in [0.2, 0.25) is 17.7 Å². The molecule has 0 aliphatic rings. The van der Waals surface area contributed by atoms with Gasteiger partial charge in [-0.2, -0.15) is 12.6 Å². The number of aliphatic carboxylic acids is 1. The Labute approximate surface area is 240 Å². The molecule has 0 fully saturated rings. The van der Waals surface area contributed by atoms with Crippen molar-refractivity contribution in [3.05, 3.63) is 72.1 Å². The van der Waals surface area contributed by atoms with Crippen LogP contribution in [0.25, 0.3) is 21.8 Å². The fourth-order valence-corrected chi connectivity index (χ4v) is 4.82. The standard InChI is InChI=1S/C28H32N6O6S/c29-19(9-15-11-30-20-7-3-1-5-17(15)20)25(36)32-22(10-16-12-31-21-8-4-2-6-18(16)21)26(37)34-24(14-41)27(38)33-23(13-35)28(39)40/h1-8,11-12,19,22-24,30-31,35,41H,9-10,13-14,29H2,(H,32,36)(H,33,38)(H,34,37)(H,39,40). The second-order valence-corrected chi connectivity index (χ2v) is 9.99. The van der Waals surface area contributed by atoms with Crippen LogP contribution in [0.1, 0.15) is 11.1 Å². The molecular formula is C28H32N6O6S. The molecule has 13 heteroatoms. The molecule has 4 unspecified atom stereocenters. The number of aromatic nitrogens is 2. The summed E-state index contributed by atoms with van der Waals surface area (Å²) in [5.41, 5.74) is 9.63. The average molecular weight is 581 g/mol. The number of aliphatic hydroxyl groups excluding tert-OH is 1. The van der Waals surface area contributed by atoms with Gasteiger partial charge in [-0.25, -0.2) is 4.79 Å². The van der Waals surface area contributed by atoms with E-state index in [1.54, 1.807) is 12.4 Å². The first-order valence-corrected chi connectivity index (χ1v) is 13.6. The molecule has 2 aromatic carbocycles. The fourth-order valence-electron chi connectivity index (χ4n) is 4.56. The minimum atomic E-state index is -1.55. The van der Waals surface area contributed by atoms with E-state index >= 15 is 0 Å². The van der Waals surface area contributed by atoms with Gasteiger partial charge < -0.3 is 41.9 Å². The predicted octanol–water partition coefficient (Wildman–Crippen LogP) is 0.223. The maximum Gasteiger partial charge on any atom is 0.328 e. The normalized spacial score (nSPS) is 14.2. The molecule has 0 spiro atoms. The number of H-pyrrole nitrogens is 2. The first kappa shape index (κ1) is 29.6. The Morgan fingerprint density at radius 3 is 1.78 bits per heavy atom. The highest BCUT2D eigenvalue weighted by atomic mass is 32.1. The first-order chi connectivity index (χ1) is 19.7. The lowest BCUT2D eigenvalue weighted by Crippen LogP contribution is -2.58. The number of thiol groups is 1. The van der Waals surface area contributed by atoms with Gasteiger partial charge in [0.25, 0.3) is 0 Å². The lowest BCUT2D eigenvalue weighted by Gasteiger charge is -2.24. The van der Waals surface area contributed by atoms with Gasteiger partial charge in [0.15, 0.2) is 0 Å². The third-order valence-electron chi connectivity index (χ3n) is 6.80. The van der Waals surface area contributed by atoms with Gasteiger partial charge in [-0.3, -0.25) is 14.4 Å². The van der Waals surface area contributed by atoms with Crippen molar-refractivity contribution in [2.45, 2.75) is 37.0 Å². The lowest BCUT2D eigenvalue weighted by molar-refractivity contribution is -0.143. The van der Waals surface area contributed by atoms with E-state index in [4.69, 9.17) is 10.8 Å². The number of carbonyl (C=O) groups excluding carboxylic acids is 3. The van der Waals surface area contributed by atoms with E-state index in [-0.39, 0.29) is 18.6 Å². The van der Waals surface area contributed by atoms with E-state index in [2.05, 4.69) is 38.5 Å². The Morgan fingerprint density at radius 1 is 0.756 bits per heavy atom. The van der Waals surface area contributed by atoms with Crippen LogP contribution in [0.5, 0.6) is 0 Å². The molecule has 216 valence electrons. The fraction of sp³-hybridized carbons (Fsp3) is 0.286. The SMILES string of the molecule is NC(Cc1c[nH]c2ccccc12)C(=O)NC(Cc1c[nH]c2ccccc12)C(=O)NC(CS)C(=O)NC(CO)C(=O)O. The Morgan fingerprint density at radius 2 is 1.24 bits per heavy atom. The van der Waals surface area contributed by atoms with E-state index in [1.165, 1.54) is 0 Å². The molecule has 0 saturated heterocycles. The van der Waals surface area contributed by atoms with Crippen molar-refractivity contribution < 1.29 is 29.4 Å². The molecule has 0 aliphatic carbocycles. The summed E-state index contributed by atoms with van der Waals surface area (Å²) in [6, 6.07) is 10.2. The Bertz CT molecular complexity index is 1550. The molecule has 4 aromatic rings. The second kappa shape index (κ2) is 13.4. The number of aromatic amines is 2. The van der Waals surface area contributed by atoms with E-state index in [0.29, 0.717) is 0 Å². The Hall–Kier alpha value is -4.33. The molecule has 12 nitrogen and oxygen atoms in total. The number of benzene rings is 2. The highest BCUT2D eigenvalue weighted by Gasteiger charge is 2.30. The van der Waals surface area contributed by atoms with Gasteiger partial charge in [-0.05, 0) is 29.7 Å². The average Bonchev–Trinajstić information content (AvgIpc) is 3.57. The van der Waals surface area contributed by atoms with E-state index in [9.17, 15) is 24.3 Å². The number of carbonyl (C=O) groups is 4. The third kappa shape index (κ3) is 7.06. The molecule has 0 bridgehead atoms. The zero-order chi connectivity index (χ0) is 29.5. The monoisotopic (exact) mass is 580 g/mol. The van der Waals surface area contributed by atoms with Crippen molar-refractivity contribution in [2.75, 3.05) is 12.4 Å². The van der Waals surface area contributed by atoms with Gasteiger partial charge in [0.1, 0.15) is 18.1 Å². The summed E-state index contributed by atoms with van der Waals surface area (Å²) in [5, 5.41) is 27.6. The van der Waals surface area contributed by atoms with Crippen LogP contribution < -0.4 is 21.7 Å². The summed E-state index contributed by atoms with van der Waals surface area (Å²) < 4.78 is 0. The van der Waals surface area contributed by atoms with Crippen molar-refractivity contribution in [1.82, 2.24) is 25.9 Å². The number of hydrogen-bond donors (Lipinski definition) is 9. The number of nitrogens with two attached hydrogens (primary N) is 1. The molecule has 41 heavy (non-hydrogen) atoms. The first-order valence-electron chi connectivity index (χ1n) is 12.9. The van der Waals surface area contributed by atoms with E-state index < -0.39 is 54.5 Å². The van der Waals surface area contributed by atoms with Crippen LogP contribution in [0.4, 0.5) is 0 Å². The summed E-state index contributed by atoms with van der Waals surface area (Å²) in [5.74, 6) is -3.69. The van der Waals surface area contributed by atoms with E-state index in [1.807, 2.05) is 48.5 Å². The maximum atomic E-state index is 13.5. The molecule has 2 aromatic heterocycles. The summed E-state index contributed by atoms with van der Waals surface area (Å²) in [7, 11) is 0. The number of carboxylic acids is 1.